The van der Waals surface area contributed by atoms with Crippen molar-refractivity contribution in [1.29, 1.82) is 0 Å². The smallest absolute Gasteiger partial charge is 0.391 e. The van der Waals surface area contributed by atoms with E-state index in [0.717, 1.165) is 25.7 Å². The van der Waals surface area contributed by atoms with Crippen molar-refractivity contribution < 1.29 is 18.3 Å². The molecule has 19 heavy (non-hydrogen) atoms. The Balaban J connectivity index is 1.78. The van der Waals surface area contributed by atoms with Crippen LogP contribution in [0.25, 0.3) is 0 Å². The monoisotopic (exact) mass is 279 g/mol. The third-order valence-corrected chi connectivity index (χ3v) is 4.78. The summed E-state index contributed by atoms with van der Waals surface area (Å²) in [5, 5.41) is 12.9. The first-order chi connectivity index (χ1) is 9.00. The average molecular weight is 279 g/mol. The van der Waals surface area contributed by atoms with Gasteiger partial charge < -0.3 is 10.4 Å². The lowest BCUT2D eigenvalue weighted by Gasteiger charge is -2.37. The summed E-state index contributed by atoms with van der Waals surface area (Å²) >= 11 is 0. The lowest BCUT2D eigenvalue weighted by Crippen LogP contribution is -2.47. The molecule has 2 aliphatic rings. The highest BCUT2D eigenvalue weighted by Crippen LogP contribution is 2.38. The van der Waals surface area contributed by atoms with E-state index in [2.05, 4.69) is 5.32 Å². The van der Waals surface area contributed by atoms with Gasteiger partial charge in [-0.1, -0.05) is 12.8 Å². The van der Waals surface area contributed by atoms with Gasteiger partial charge in [0.25, 0.3) is 0 Å². The van der Waals surface area contributed by atoms with E-state index < -0.39 is 12.1 Å². The Hall–Kier alpha value is -0.290. The minimum absolute atomic E-state index is 0.190. The largest absolute Gasteiger partial charge is 0.396 e. The van der Waals surface area contributed by atoms with E-state index in [9.17, 15) is 18.3 Å². The number of hydrogen-bond acceptors (Lipinski definition) is 2. The van der Waals surface area contributed by atoms with E-state index >= 15 is 0 Å². The molecule has 2 N–H and O–H groups in total. The molecule has 2 nitrogen and oxygen atoms in total. The lowest BCUT2D eigenvalue weighted by molar-refractivity contribution is -0.182. The average Bonchev–Trinajstić information content (AvgIpc) is 2.39. The number of halogens is 3. The second-order valence-electron chi connectivity index (χ2n) is 6.09. The van der Waals surface area contributed by atoms with Gasteiger partial charge in [0.05, 0.1) is 5.92 Å². The van der Waals surface area contributed by atoms with Gasteiger partial charge in [-0.15, -0.1) is 0 Å². The SMILES string of the molecule is OCC1CCCCC1NC1CCC(C(F)(F)F)CC1. The van der Waals surface area contributed by atoms with Crippen LogP contribution in [-0.4, -0.2) is 30.0 Å². The van der Waals surface area contributed by atoms with Crippen molar-refractivity contribution in [2.75, 3.05) is 6.61 Å². The predicted molar refractivity (Wildman–Crippen MR) is 67.8 cm³/mol. The first kappa shape index (κ1) is 15.1. The van der Waals surface area contributed by atoms with E-state index in [1.54, 1.807) is 0 Å². The summed E-state index contributed by atoms with van der Waals surface area (Å²) in [5.41, 5.74) is 0. The standard InChI is InChI=1S/C14H24F3NO/c15-14(16,17)11-5-7-12(8-6-11)18-13-4-2-1-3-10(13)9-19/h10-13,18-19H,1-9H2. The van der Waals surface area contributed by atoms with Gasteiger partial charge >= 0.3 is 6.18 Å². The molecular weight excluding hydrogens is 255 g/mol. The number of nitrogens with one attached hydrogen (secondary N) is 1. The lowest BCUT2D eigenvalue weighted by atomic mass is 9.81. The van der Waals surface area contributed by atoms with Gasteiger partial charge in [0.15, 0.2) is 0 Å². The van der Waals surface area contributed by atoms with Gasteiger partial charge in [0.1, 0.15) is 0 Å². The van der Waals surface area contributed by atoms with E-state index in [1.165, 1.54) is 0 Å². The molecule has 112 valence electrons. The Morgan fingerprint density at radius 2 is 1.58 bits per heavy atom. The van der Waals surface area contributed by atoms with Crippen LogP contribution < -0.4 is 5.32 Å². The first-order valence-corrected chi connectivity index (χ1v) is 7.44. The quantitative estimate of drug-likeness (QED) is 0.831. The number of rotatable bonds is 3. The molecule has 2 unspecified atom stereocenters. The molecule has 0 spiro atoms. The molecule has 2 fully saturated rings. The fourth-order valence-electron chi connectivity index (χ4n) is 3.54. The molecule has 0 aromatic rings. The normalized spacial score (nSPS) is 37.3. The summed E-state index contributed by atoms with van der Waals surface area (Å²) in [6.45, 7) is 0.190. The van der Waals surface area contributed by atoms with Crippen LogP contribution in [0.15, 0.2) is 0 Å². The van der Waals surface area contributed by atoms with Crippen molar-refractivity contribution in [3.8, 4) is 0 Å². The van der Waals surface area contributed by atoms with Gasteiger partial charge in [0.2, 0.25) is 0 Å². The zero-order valence-corrected chi connectivity index (χ0v) is 11.3. The number of aliphatic hydroxyl groups is 1. The van der Waals surface area contributed by atoms with E-state index in [0.29, 0.717) is 18.9 Å². The van der Waals surface area contributed by atoms with E-state index in [4.69, 9.17) is 0 Å². The maximum absolute atomic E-state index is 12.6. The molecule has 2 atom stereocenters. The van der Waals surface area contributed by atoms with Crippen LogP contribution in [0.5, 0.6) is 0 Å². The molecule has 0 saturated heterocycles. The van der Waals surface area contributed by atoms with Crippen LogP contribution in [0.1, 0.15) is 51.4 Å². The maximum atomic E-state index is 12.6. The summed E-state index contributed by atoms with van der Waals surface area (Å²) in [6, 6.07) is 0.502. The summed E-state index contributed by atoms with van der Waals surface area (Å²) in [4.78, 5) is 0. The Morgan fingerprint density at radius 3 is 2.16 bits per heavy atom. The van der Waals surface area contributed by atoms with Gasteiger partial charge in [0, 0.05) is 18.7 Å². The van der Waals surface area contributed by atoms with Crippen LogP contribution in [0.3, 0.4) is 0 Å². The Kier molecular flexibility index (Phi) is 5.12. The second kappa shape index (κ2) is 6.44. The van der Waals surface area contributed by atoms with Gasteiger partial charge in [-0.3, -0.25) is 0 Å². The Bertz CT molecular complexity index is 274. The van der Waals surface area contributed by atoms with Gasteiger partial charge in [-0.05, 0) is 44.4 Å². The van der Waals surface area contributed by atoms with Crippen LogP contribution in [-0.2, 0) is 0 Å². The van der Waals surface area contributed by atoms with Crippen molar-refractivity contribution >= 4 is 0 Å². The molecular formula is C14H24F3NO. The summed E-state index contributed by atoms with van der Waals surface area (Å²) < 4.78 is 37.8. The van der Waals surface area contributed by atoms with Crippen molar-refractivity contribution in [3.63, 3.8) is 0 Å². The maximum Gasteiger partial charge on any atom is 0.391 e. The fourth-order valence-corrected chi connectivity index (χ4v) is 3.54. The molecule has 2 saturated carbocycles. The summed E-state index contributed by atoms with van der Waals surface area (Å²) in [5.74, 6) is -0.820. The van der Waals surface area contributed by atoms with E-state index in [1.807, 2.05) is 0 Å². The van der Waals surface area contributed by atoms with Gasteiger partial charge in [-0.25, -0.2) is 0 Å². The zero-order valence-electron chi connectivity index (χ0n) is 11.3. The van der Waals surface area contributed by atoms with Crippen molar-refractivity contribution in [2.24, 2.45) is 11.8 Å². The molecule has 0 aliphatic heterocycles. The van der Waals surface area contributed by atoms with Gasteiger partial charge in [-0.2, -0.15) is 13.2 Å². The molecule has 0 heterocycles. The number of hydrogen-bond donors (Lipinski definition) is 2. The van der Waals surface area contributed by atoms with Crippen LogP contribution in [0.4, 0.5) is 13.2 Å². The topological polar surface area (TPSA) is 32.3 Å². The number of alkyl halides is 3. The Morgan fingerprint density at radius 1 is 0.947 bits per heavy atom. The van der Waals surface area contributed by atoms with Crippen LogP contribution >= 0.6 is 0 Å². The molecule has 0 bridgehead atoms. The number of aliphatic hydroxyl groups excluding tert-OH is 1. The van der Waals surface area contributed by atoms with Crippen molar-refractivity contribution in [1.82, 2.24) is 5.32 Å². The minimum atomic E-state index is -4.02. The molecule has 5 heteroatoms. The van der Waals surface area contributed by atoms with Crippen molar-refractivity contribution in [2.45, 2.75) is 69.6 Å². The molecule has 2 aliphatic carbocycles. The Labute approximate surface area is 112 Å². The van der Waals surface area contributed by atoms with Crippen LogP contribution in [0.2, 0.25) is 0 Å². The highest BCUT2D eigenvalue weighted by molar-refractivity contribution is 4.87. The van der Waals surface area contributed by atoms with E-state index in [-0.39, 0.29) is 31.4 Å². The summed E-state index contributed by atoms with van der Waals surface area (Å²) in [7, 11) is 0. The molecule has 0 aromatic heterocycles. The summed E-state index contributed by atoms with van der Waals surface area (Å²) in [6.07, 6.45) is 2.09. The zero-order chi connectivity index (χ0) is 13.9. The predicted octanol–water partition coefficient (Wildman–Crippen LogP) is 3.25. The first-order valence-electron chi connectivity index (χ1n) is 7.44. The van der Waals surface area contributed by atoms with Crippen LogP contribution in [0, 0.1) is 11.8 Å². The molecule has 0 amide bonds. The fraction of sp³-hybridized carbons (Fsp3) is 1.00. The molecule has 0 radical (unpaired) electrons. The minimum Gasteiger partial charge on any atom is -0.396 e. The third kappa shape index (κ3) is 4.09. The second-order valence-corrected chi connectivity index (χ2v) is 6.09. The molecule has 0 aromatic carbocycles. The third-order valence-electron chi connectivity index (χ3n) is 4.78. The highest BCUT2D eigenvalue weighted by atomic mass is 19.4. The molecule has 2 rings (SSSR count). The highest BCUT2D eigenvalue weighted by Gasteiger charge is 2.41. The van der Waals surface area contributed by atoms with Crippen molar-refractivity contribution in [3.05, 3.63) is 0 Å².